The number of methoxy groups -OCH3 is 1. The fourth-order valence-electron chi connectivity index (χ4n) is 1.80. The van der Waals surface area contributed by atoms with Gasteiger partial charge < -0.3 is 9.64 Å². The van der Waals surface area contributed by atoms with Crippen molar-refractivity contribution in [1.82, 2.24) is 4.90 Å². The van der Waals surface area contributed by atoms with Crippen molar-refractivity contribution < 1.29 is 17.9 Å². The summed E-state index contributed by atoms with van der Waals surface area (Å²) in [4.78, 5) is 14.0. The van der Waals surface area contributed by atoms with E-state index in [4.69, 9.17) is 9.88 Å². The summed E-state index contributed by atoms with van der Waals surface area (Å²) in [5.41, 5.74) is 0.270. The lowest BCUT2D eigenvalue weighted by molar-refractivity contribution is 0.0634. The number of sulfonamides is 1. The van der Waals surface area contributed by atoms with E-state index in [1.807, 2.05) is 13.8 Å². The molecular weight excluding hydrogens is 360 g/mol. The summed E-state index contributed by atoms with van der Waals surface area (Å²) in [7, 11) is -2.34. The molecular formula is C13H19BrN2O4S. The normalized spacial score (nSPS) is 11.7. The molecule has 0 atom stereocenters. The molecule has 1 rings (SSSR count). The van der Waals surface area contributed by atoms with Gasteiger partial charge in [-0.2, -0.15) is 0 Å². The van der Waals surface area contributed by atoms with Gasteiger partial charge in [0, 0.05) is 29.7 Å². The Morgan fingerprint density at radius 1 is 1.43 bits per heavy atom. The van der Waals surface area contributed by atoms with Crippen LogP contribution in [0.3, 0.4) is 0 Å². The molecule has 0 unspecified atom stereocenters. The maximum absolute atomic E-state index is 12.5. The van der Waals surface area contributed by atoms with Crippen molar-refractivity contribution >= 4 is 31.9 Å². The highest BCUT2D eigenvalue weighted by Gasteiger charge is 2.21. The van der Waals surface area contributed by atoms with Crippen molar-refractivity contribution in [3.8, 4) is 0 Å². The molecule has 0 aromatic heterocycles. The summed E-state index contributed by atoms with van der Waals surface area (Å²) in [5.74, 6) is -0.264. The Hall–Kier alpha value is -0.960. The second-order valence-corrected chi connectivity index (χ2v) is 7.16. The summed E-state index contributed by atoms with van der Waals surface area (Å²) < 4.78 is 28.3. The summed E-state index contributed by atoms with van der Waals surface area (Å²) in [6.45, 7) is 4.59. The zero-order chi connectivity index (χ0) is 16.2. The van der Waals surface area contributed by atoms with E-state index in [0.717, 1.165) is 0 Å². The highest BCUT2D eigenvalue weighted by Crippen LogP contribution is 2.23. The van der Waals surface area contributed by atoms with Gasteiger partial charge in [0.15, 0.2) is 0 Å². The van der Waals surface area contributed by atoms with Gasteiger partial charge in [-0.15, -0.1) is 0 Å². The maximum atomic E-state index is 12.5. The third-order valence-corrected chi connectivity index (χ3v) is 4.81. The standard InChI is InChI=1S/C13H19BrN2O4S/c1-9(2)16(6-7-20-3)13(17)10-4-5-11(14)12(8-10)21(15,18)19/h4-5,8-9H,6-7H2,1-3H3,(H2,15,18,19). The molecule has 0 heterocycles. The molecule has 0 bridgehead atoms. The van der Waals surface area contributed by atoms with Gasteiger partial charge >= 0.3 is 0 Å². The van der Waals surface area contributed by atoms with Crippen LogP contribution >= 0.6 is 15.9 Å². The minimum Gasteiger partial charge on any atom is -0.383 e. The van der Waals surface area contributed by atoms with Crippen LogP contribution in [0.4, 0.5) is 0 Å². The largest absolute Gasteiger partial charge is 0.383 e. The molecule has 0 aliphatic rings. The number of hydrogen-bond acceptors (Lipinski definition) is 4. The first kappa shape index (κ1) is 18.1. The number of amides is 1. The molecule has 0 aliphatic heterocycles. The fraction of sp³-hybridized carbons (Fsp3) is 0.462. The van der Waals surface area contributed by atoms with Gasteiger partial charge in [0.2, 0.25) is 10.0 Å². The number of rotatable bonds is 6. The van der Waals surface area contributed by atoms with Crippen molar-refractivity contribution in [2.75, 3.05) is 20.3 Å². The Kier molecular flexibility index (Phi) is 6.33. The number of nitrogens with two attached hydrogens (primary N) is 1. The molecule has 1 aromatic rings. The predicted molar refractivity (Wildman–Crippen MR) is 83.6 cm³/mol. The van der Waals surface area contributed by atoms with Gasteiger partial charge in [0.05, 0.1) is 11.5 Å². The van der Waals surface area contributed by atoms with Crippen molar-refractivity contribution in [2.45, 2.75) is 24.8 Å². The van der Waals surface area contributed by atoms with E-state index in [0.29, 0.717) is 17.6 Å². The van der Waals surface area contributed by atoms with Gasteiger partial charge in [-0.05, 0) is 48.0 Å². The van der Waals surface area contributed by atoms with Gasteiger partial charge in [-0.1, -0.05) is 0 Å². The lowest BCUT2D eigenvalue weighted by Crippen LogP contribution is -2.39. The van der Waals surface area contributed by atoms with E-state index < -0.39 is 10.0 Å². The number of hydrogen-bond donors (Lipinski definition) is 1. The smallest absolute Gasteiger partial charge is 0.254 e. The molecule has 0 fully saturated rings. The van der Waals surface area contributed by atoms with Crippen molar-refractivity contribution in [2.24, 2.45) is 5.14 Å². The van der Waals surface area contributed by atoms with Crippen LogP contribution in [0, 0.1) is 0 Å². The van der Waals surface area contributed by atoms with Gasteiger partial charge in [-0.3, -0.25) is 4.79 Å². The van der Waals surface area contributed by atoms with Crippen LogP contribution in [0.1, 0.15) is 24.2 Å². The number of carbonyl (C=O) groups excluding carboxylic acids is 1. The molecule has 2 N–H and O–H groups in total. The third-order valence-electron chi connectivity index (χ3n) is 2.91. The van der Waals surface area contributed by atoms with Crippen LogP contribution < -0.4 is 5.14 Å². The molecule has 6 nitrogen and oxygen atoms in total. The van der Waals surface area contributed by atoms with Crippen LogP contribution in [0.15, 0.2) is 27.6 Å². The van der Waals surface area contributed by atoms with Gasteiger partial charge in [-0.25, -0.2) is 13.6 Å². The van der Waals surface area contributed by atoms with E-state index >= 15 is 0 Å². The van der Waals surface area contributed by atoms with Crippen molar-refractivity contribution in [1.29, 1.82) is 0 Å². The number of benzene rings is 1. The Labute approximate surface area is 133 Å². The molecule has 0 saturated heterocycles. The fourth-order valence-corrected chi connectivity index (χ4v) is 3.36. The summed E-state index contributed by atoms with van der Waals surface area (Å²) in [6.07, 6.45) is 0. The van der Waals surface area contributed by atoms with E-state index in [1.165, 1.54) is 12.1 Å². The van der Waals surface area contributed by atoms with Crippen LogP contribution in [0.5, 0.6) is 0 Å². The molecule has 8 heteroatoms. The zero-order valence-electron chi connectivity index (χ0n) is 12.2. The second kappa shape index (κ2) is 7.35. The highest BCUT2D eigenvalue weighted by atomic mass is 79.9. The number of ether oxygens (including phenoxy) is 1. The molecule has 0 radical (unpaired) electrons. The topological polar surface area (TPSA) is 89.7 Å². The Balaban J connectivity index is 3.17. The van der Waals surface area contributed by atoms with Crippen molar-refractivity contribution in [3.63, 3.8) is 0 Å². The summed E-state index contributed by atoms with van der Waals surface area (Å²) in [5, 5.41) is 5.14. The first-order valence-corrected chi connectivity index (χ1v) is 8.64. The monoisotopic (exact) mass is 378 g/mol. The van der Waals surface area contributed by atoms with Crippen LogP contribution in [0.25, 0.3) is 0 Å². The molecule has 21 heavy (non-hydrogen) atoms. The van der Waals surface area contributed by atoms with Crippen LogP contribution in [-0.2, 0) is 14.8 Å². The van der Waals surface area contributed by atoms with Gasteiger partial charge in [0.25, 0.3) is 5.91 Å². The minimum atomic E-state index is -3.89. The Morgan fingerprint density at radius 2 is 2.05 bits per heavy atom. The lowest BCUT2D eigenvalue weighted by atomic mass is 10.1. The highest BCUT2D eigenvalue weighted by molar-refractivity contribution is 9.10. The number of halogens is 1. The quantitative estimate of drug-likeness (QED) is 0.813. The number of primary sulfonamides is 1. The van der Waals surface area contributed by atoms with E-state index in [1.54, 1.807) is 18.1 Å². The summed E-state index contributed by atoms with van der Waals surface area (Å²) >= 11 is 3.12. The zero-order valence-corrected chi connectivity index (χ0v) is 14.6. The van der Waals surface area contributed by atoms with E-state index in [-0.39, 0.29) is 22.4 Å². The minimum absolute atomic E-state index is 0.0331. The molecule has 0 spiro atoms. The van der Waals surface area contributed by atoms with Crippen LogP contribution in [-0.4, -0.2) is 45.5 Å². The molecule has 118 valence electrons. The Bertz CT molecular complexity index is 617. The first-order valence-electron chi connectivity index (χ1n) is 6.30. The summed E-state index contributed by atoms with van der Waals surface area (Å²) in [6, 6.07) is 4.31. The first-order chi connectivity index (χ1) is 9.68. The van der Waals surface area contributed by atoms with Crippen LogP contribution in [0.2, 0.25) is 0 Å². The molecule has 0 saturated carbocycles. The average molecular weight is 379 g/mol. The van der Waals surface area contributed by atoms with E-state index in [2.05, 4.69) is 15.9 Å². The second-order valence-electron chi connectivity index (χ2n) is 4.78. The van der Waals surface area contributed by atoms with Gasteiger partial charge in [0.1, 0.15) is 0 Å². The maximum Gasteiger partial charge on any atom is 0.254 e. The molecule has 1 amide bonds. The molecule has 1 aromatic carbocycles. The lowest BCUT2D eigenvalue weighted by Gasteiger charge is -2.26. The Morgan fingerprint density at radius 3 is 2.52 bits per heavy atom. The number of carbonyl (C=O) groups is 1. The third kappa shape index (κ3) is 4.77. The van der Waals surface area contributed by atoms with Crippen molar-refractivity contribution in [3.05, 3.63) is 28.2 Å². The van der Waals surface area contributed by atoms with E-state index in [9.17, 15) is 13.2 Å². The number of nitrogens with zero attached hydrogens (tertiary/aromatic N) is 1. The average Bonchev–Trinajstić information content (AvgIpc) is 2.37. The molecule has 0 aliphatic carbocycles. The predicted octanol–water partition coefficient (Wildman–Crippen LogP) is 1.59. The SMILES string of the molecule is COCCN(C(=O)c1ccc(Br)c(S(N)(=O)=O)c1)C(C)C.